The lowest BCUT2D eigenvalue weighted by atomic mass is 9.97. The van der Waals surface area contributed by atoms with Gasteiger partial charge >= 0.3 is 11.9 Å². The van der Waals surface area contributed by atoms with Crippen LogP contribution < -0.4 is 10.2 Å². The van der Waals surface area contributed by atoms with Crippen LogP contribution in [0.5, 0.6) is 0 Å². The third kappa shape index (κ3) is 5.33. The van der Waals surface area contributed by atoms with Gasteiger partial charge in [-0.2, -0.15) is 4.98 Å². The molecular formula is C22H26N6O5S. The van der Waals surface area contributed by atoms with E-state index in [2.05, 4.69) is 30.2 Å². The van der Waals surface area contributed by atoms with Gasteiger partial charge in [-0.3, -0.25) is 10.1 Å². The number of nitrogens with one attached hydrogen (secondary N) is 1. The number of aromatic nitrogens is 4. The molecule has 1 fully saturated rings. The van der Waals surface area contributed by atoms with E-state index in [1.807, 2.05) is 13.0 Å². The summed E-state index contributed by atoms with van der Waals surface area (Å²) in [5.74, 6) is 0.823. The summed E-state index contributed by atoms with van der Waals surface area (Å²) in [6.45, 7) is 7.30. The summed E-state index contributed by atoms with van der Waals surface area (Å²) in [5, 5.41) is 3.58. The molecular weight excluding hydrogens is 460 g/mol. The number of piperidine rings is 1. The maximum Gasteiger partial charge on any atom is 0.350 e. The molecule has 180 valence electrons. The first kappa shape index (κ1) is 23.6. The number of aryl methyl sites for hydroxylation is 1. The Morgan fingerprint density at radius 1 is 1.18 bits per heavy atom. The van der Waals surface area contributed by atoms with Crippen molar-refractivity contribution in [2.75, 3.05) is 36.5 Å². The minimum Gasteiger partial charge on any atom is -0.466 e. The van der Waals surface area contributed by atoms with Gasteiger partial charge in [-0.05, 0) is 33.6 Å². The number of carbonyl (C=O) groups is 2. The first-order valence-corrected chi connectivity index (χ1v) is 11.9. The summed E-state index contributed by atoms with van der Waals surface area (Å²) >= 11 is 1.18. The Morgan fingerprint density at radius 2 is 1.94 bits per heavy atom. The van der Waals surface area contributed by atoms with E-state index in [-0.39, 0.29) is 18.5 Å². The largest absolute Gasteiger partial charge is 0.466 e. The van der Waals surface area contributed by atoms with Crippen molar-refractivity contribution in [3.8, 4) is 11.5 Å². The SMILES string of the molecule is CCOC(=O)c1sc(Nc2nc(-c3cnco3)cc(N3CCC(C(=O)OCC)CC3)n2)nc1C. The number of nitrogens with zero attached hydrogens (tertiary/aromatic N) is 5. The standard InChI is InChI=1S/C22H26N6O5S/c1-4-31-19(29)14-6-8-28(9-7-14)17-10-15(16-11-23-12-33-16)25-21(26-17)27-22-24-13(3)18(34-22)20(30)32-5-2/h10-12,14H,4-9H2,1-3H3,(H,24,25,26,27). The van der Waals surface area contributed by atoms with Gasteiger partial charge < -0.3 is 18.8 Å². The molecule has 3 aromatic rings. The number of esters is 2. The molecule has 1 aliphatic rings. The minimum atomic E-state index is -0.410. The van der Waals surface area contributed by atoms with Crippen LogP contribution in [-0.4, -0.2) is 58.2 Å². The molecule has 34 heavy (non-hydrogen) atoms. The zero-order valence-electron chi connectivity index (χ0n) is 19.2. The van der Waals surface area contributed by atoms with Crippen molar-refractivity contribution in [2.24, 2.45) is 5.92 Å². The molecule has 11 nitrogen and oxygen atoms in total. The highest BCUT2D eigenvalue weighted by Crippen LogP contribution is 2.30. The predicted octanol–water partition coefficient (Wildman–Crippen LogP) is 3.60. The molecule has 1 saturated heterocycles. The van der Waals surface area contributed by atoms with Crippen molar-refractivity contribution >= 4 is 40.2 Å². The van der Waals surface area contributed by atoms with Crippen LogP contribution in [0.1, 0.15) is 42.1 Å². The number of rotatable bonds is 8. The molecule has 0 aromatic carbocycles. The molecule has 1 aliphatic heterocycles. The molecule has 12 heteroatoms. The molecule has 0 spiro atoms. The van der Waals surface area contributed by atoms with E-state index in [1.54, 1.807) is 20.0 Å². The smallest absolute Gasteiger partial charge is 0.350 e. The van der Waals surface area contributed by atoms with Crippen molar-refractivity contribution in [1.29, 1.82) is 0 Å². The summed E-state index contributed by atoms with van der Waals surface area (Å²) < 4.78 is 15.7. The molecule has 0 radical (unpaired) electrons. The van der Waals surface area contributed by atoms with Crippen LogP contribution in [0.25, 0.3) is 11.5 Å². The van der Waals surface area contributed by atoms with Gasteiger partial charge in [0.25, 0.3) is 0 Å². The second kappa shape index (κ2) is 10.6. The minimum absolute atomic E-state index is 0.107. The van der Waals surface area contributed by atoms with Gasteiger partial charge in [0.1, 0.15) is 16.4 Å². The van der Waals surface area contributed by atoms with Gasteiger partial charge in [-0.1, -0.05) is 11.3 Å². The summed E-state index contributed by atoms with van der Waals surface area (Å²) in [5.41, 5.74) is 1.12. The van der Waals surface area contributed by atoms with E-state index in [0.29, 0.717) is 71.5 Å². The summed E-state index contributed by atoms with van der Waals surface area (Å²) in [4.78, 5) is 44.4. The summed E-state index contributed by atoms with van der Waals surface area (Å²) in [7, 11) is 0. The fourth-order valence-electron chi connectivity index (χ4n) is 3.66. The molecule has 1 N–H and O–H groups in total. The van der Waals surface area contributed by atoms with Crippen LogP contribution in [0.3, 0.4) is 0 Å². The Labute approximate surface area is 200 Å². The van der Waals surface area contributed by atoms with Crippen molar-refractivity contribution in [3.63, 3.8) is 0 Å². The Morgan fingerprint density at radius 3 is 2.62 bits per heavy atom. The van der Waals surface area contributed by atoms with Crippen LogP contribution in [0.15, 0.2) is 23.1 Å². The van der Waals surface area contributed by atoms with Gasteiger partial charge in [-0.15, -0.1) is 0 Å². The Balaban J connectivity index is 1.57. The van der Waals surface area contributed by atoms with E-state index >= 15 is 0 Å². The summed E-state index contributed by atoms with van der Waals surface area (Å²) in [6.07, 6.45) is 4.27. The van der Waals surface area contributed by atoms with Gasteiger partial charge in [0.05, 0.1) is 31.0 Å². The number of anilines is 3. The first-order valence-electron chi connectivity index (χ1n) is 11.1. The van der Waals surface area contributed by atoms with E-state index < -0.39 is 5.97 Å². The second-order valence-corrected chi connectivity index (χ2v) is 8.59. The molecule has 0 atom stereocenters. The fourth-order valence-corrected chi connectivity index (χ4v) is 4.51. The van der Waals surface area contributed by atoms with Crippen LogP contribution in [0.2, 0.25) is 0 Å². The number of carbonyl (C=O) groups excluding carboxylic acids is 2. The molecule has 0 amide bonds. The topological polar surface area (TPSA) is 133 Å². The van der Waals surface area contributed by atoms with Gasteiger partial charge in [-0.25, -0.2) is 19.7 Å². The van der Waals surface area contributed by atoms with Crippen LogP contribution in [0, 0.1) is 12.8 Å². The van der Waals surface area contributed by atoms with Crippen LogP contribution in [0.4, 0.5) is 16.9 Å². The van der Waals surface area contributed by atoms with E-state index in [9.17, 15) is 9.59 Å². The summed E-state index contributed by atoms with van der Waals surface area (Å²) in [6, 6.07) is 1.83. The van der Waals surface area contributed by atoms with Crippen LogP contribution >= 0.6 is 11.3 Å². The lowest BCUT2D eigenvalue weighted by molar-refractivity contribution is -0.148. The molecule has 4 rings (SSSR count). The average Bonchev–Trinajstić information content (AvgIpc) is 3.49. The highest BCUT2D eigenvalue weighted by molar-refractivity contribution is 7.17. The number of hydrogen-bond donors (Lipinski definition) is 1. The third-order valence-corrected chi connectivity index (χ3v) is 6.37. The molecule has 0 saturated carbocycles. The number of ether oxygens (including phenoxy) is 2. The molecule has 0 unspecified atom stereocenters. The van der Waals surface area contributed by atoms with Crippen molar-refractivity contribution < 1.29 is 23.5 Å². The van der Waals surface area contributed by atoms with E-state index in [1.165, 1.54) is 17.7 Å². The maximum absolute atomic E-state index is 12.1. The zero-order chi connectivity index (χ0) is 24.1. The van der Waals surface area contributed by atoms with Gasteiger partial charge in [0.2, 0.25) is 5.95 Å². The second-order valence-electron chi connectivity index (χ2n) is 7.59. The number of hydrogen-bond acceptors (Lipinski definition) is 12. The predicted molar refractivity (Wildman–Crippen MR) is 125 cm³/mol. The van der Waals surface area contributed by atoms with Crippen molar-refractivity contribution in [1.82, 2.24) is 19.9 Å². The lowest BCUT2D eigenvalue weighted by Gasteiger charge is -2.31. The highest BCUT2D eigenvalue weighted by atomic mass is 32.1. The van der Waals surface area contributed by atoms with E-state index in [0.717, 1.165) is 0 Å². The van der Waals surface area contributed by atoms with Gasteiger partial charge in [0, 0.05) is 19.2 Å². The highest BCUT2D eigenvalue weighted by Gasteiger charge is 2.27. The Kier molecular flexibility index (Phi) is 7.36. The van der Waals surface area contributed by atoms with E-state index in [4.69, 9.17) is 13.9 Å². The maximum atomic E-state index is 12.1. The lowest BCUT2D eigenvalue weighted by Crippen LogP contribution is -2.37. The first-order chi connectivity index (χ1) is 16.5. The average molecular weight is 487 g/mol. The Bertz CT molecular complexity index is 1140. The zero-order valence-corrected chi connectivity index (χ0v) is 20.1. The fraction of sp³-hybridized carbons (Fsp3) is 0.455. The molecule has 0 aliphatic carbocycles. The van der Waals surface area contributed by atoms with Crippen molar-refractivity contribution in [2.45, 2.75) is 33.6 Å². The monoisotopic (exact) mass is 486 g/mol. The van der Waals surface area contributed by atoms with Gasteiger partial charge in [0.15, 0.2) is 17.3 Å². The molecule has 0 bridgehead atoms. The molecule has 3 aromatic heterocycles. The number of thiazole rings is 1. The Hall–Kier alpha value is -3.54. The quantitative estimate of drug-likeness (QED) is 0.468. The molecule has 4 heterocycles. The van der Waals surface area contributed by atoms with Crippen molar-refractivity contribution in [3.05, 3.63) is 29.2 Å². The normalized spacial score (nSPS) is 14.1. The van der Waals surface area contributed by atoms with Crippen LogP contribution in [-0.2, 0) is 14.3 Å². The third-order valence-electron chi connectivity index (χ3n) is 5.31. The number of oxazole rings is 1.